The zero-order valence-corrected chi connectivity index (χ0v) is 8.06. The van der Waals surface area contributed by atoms with Gasteiger partial charge in [-0.05, 0) is 25.5 Å². The van der Waals surface area contributed by atoms with Gasteiger partial charge in [-0.15, -0.1) is 0 Å². The Morgan fingerprint density at radius 1 is 1.64 bits per heavy atom. The Bertz CT molecular complexity index is 345. The molecular weight excluding hydrogens is 182 g/mol. The van der Waals surface area contributed by atoms with Crippen LogP contribution in [0.1, 0.15) is 22.7 Å². The van der Waals surface area contributed by atoms with Crippen LogP contribution in [0, 0.1) is 6.92 Å². The fourth-order valence-corrected chi connectivity index (χ4v) is 1.63. The van der Waals surface area contributed by atoms with E-state index in [0.29, 0.717) is 25.3 Å². The Balaban J connectivity index is 2.09. The number of nitrogens with zero attached hydrogens (tertiary/aromatic N) is 1. The lowest BCUT2D eigenvalue weighted by Crippen LogP contribution is -2.29. The van der Waals surface area contributed by atoms with Gasteiger partial charge in [-0.3, -0.25) is 4.79 Å². The number of β-amino-alcohol motifs (C(OH)–C–C–N with tert-alkyl or cyclic N) is 1. The maximum atomic E-state index is 11.7. The second-order valence-electron chi connectivity index (χ2n) is 3.60. The molecule has 2 heterocycles. The third kappa shape index (κ3) is 1.65. The maximum absolute atomic E-state index is 11.7. The second-order valence-corrected chi connectivity index (χ2v) is 3.60. The number of hydrogen-bond acceptors (Lipinski definition) is 3. The van der Waals surface area contributed by atoms with Crippen molar-refractivity contribution in [3.63, 3.8) is 0 Å². The average molecular weight is 195 g/mol. The highest BCUT2D eigenvalue weighted by Crippen LogP contribution is 2.15. The maximum Gasteiger partial charge on any atom is 0.289 e. The van der Waals surface area contributed by atoms with E-state index in [0.717, 1.165) is 5.76 Å². The van der Waals surface area contributed by atoms with E-state index in [4.69, 9.17) is 4.42 Å². The molecule has 0 unspecified atom stereocenters. The Kier molecular flexibility index (Phi) is 2.29. The average Bonchev–Trinajstić information content (AvgIpc) is 2.73. The molecule has 14 heavy (non-hydrogen) atoms. The van der Waals surface area contributed by atoms with Gasteiger partial charge in [0.05, 0.1) is 6.10 Å². The number of hydrogen-bond donors (Lipinski definition) is 1. The van der Waals surface area contributed by atoms with Crippen LogP contribution in [-0.2, 0) is 0 Å². The SMILES string of the molecule is Cc1ccc(C(=O)N2CC[C@H](O)C2)o1. The van der Waals surface area contributed by atoms with Crippen molar-refractivity contribution in [1.29, 1.82) is 0 Å². The van der Waals surface area contributed by atoms with Gasteiger partial charge in [-0.1, -0.05) is 0 Å². The molecule has 76 valence electrons. The Morgan fingerprint density at radius 3 is 2.93 bits per heavy atom. The highest BCUT2D eigenvalue weighted by Gasteiger charge is 2.26. The molecule has 0 aliphatic carbocycles. The van der Waals surface area contributed by atoms with Crippen LogP contribution in [-0.4, -0.2) is 35.1 Å². The second kappa shape index (κ2) is 3.46. The minimum Gasteiger partial charge on any atom is -0.456 e. The minimum absolute atomic E-state index is 0.130. The number of aryl methyl sites for hydroxylation is 1. The molecule has 4 nitrogen and oxygen atoms in total. The Labute approximate surface area is 82.1 Å². The van der Waals surface area contributed by atoms with Crippen molar-refractivity contribution in [3.8, 4) is 0 Å². The third-order valence-corrected chi connectivity index (χ3v) is 2.40. The summed E-state index contributed by atoms with van der Waals surface area (Å²) in [6.07, 6.45) is 0.279. The third-order valence-electron chi connectivity index (χ3n) is 2.40. The summed E-state index contributed by atoms with van der Waals surface area (Å²) < 4.78 is 5.22. The van der Waals surface area contributed by atoms with Crippen LogP contribution < -0.4 is 0 Å². The van der Waals surface area contributed by atoms with Gasteiger partial charge in [0.1, 0.15) is 5.76 Å². The molecule has 0 bridgehead atoms. The lowest BCUT2D eigenvalue weighted by molar-refractivity contribution is 0.0732. The number of likely N-dealkylation sites (tertiary alicyclic amines) is 1. The van der Waals surface area contributed by atoms with Crippen LogP contribution >= 0.6 is 0 Å². The number of amides is 1. The Morgan fingerprint density at radius 2 is 2.43 bits per heavy atom. The largest absolute Gasteiger partial charge is 0.456 e. The molecule has 1 atom stereocenters. The van der Waals surface area contributed by atoms with Gasteiger partial charge < -0.3 is 14.4 Å². The molecule has 1 aromatic heterocycles. The monoisotopic (exact) mass is 195 g/mol. The normalized spacial score (nSPS) is 21.6. The van der Waals surface area contributed by atoms with Gasteiger partial charge in [-0.25, -0.2) is 0 Å². The molecule has 2 rings (SSSR count). The van der Waals surface area contributed by atoms with Gasteiger partial charge in [0.25, 0.3) is 5.91 Å². The number of carbonyl (C=O) groups excluding carboxylic acids is 1. The van der Waals surface area contributed by atoms with E-state index in [-0.39, 0.29) is 12.0 Å². The van der Waals surface area contributed by atoms with Gasteiger partial charge >= 0.3 is 0 Å². The number of carbonyl (C=O) groups is 1. The standard InChI is InChI=1S/C10H13NO3/c1-7-2-3-9(14-7)10(13)11-5-4-8(12)6-11/h2-3,8,12H,4-6H2,1H3/t8-/m0/s1. The van der Waals surface area contributed by atoms with E-state index in [2.05, 4.69) is 0 Å². The summed E-state index contributed by atoms with van der Waals surface area (Å²) in [5.41, 5.74) is 0. The first-order chi connectivity index (χ1) is 6.66. The van der Waals surface area contributed by atoms with Gasteiger partial charge in [0.15, 0.2) is 5.76 Å². The molecule has 1 aliphatic heterocycles. The molecule has 0 spiro atoms. The number of furan rings is 1. The quantitative estimate of drug-likeness (QED) is 0.721. The molecule has 1 fully saturated rings. The van der Waals surface area contributed by atoms with Crippen molar-refractivity contribution < 1.29 is 14.3 Å². The van der Waals surface area contributed by atoms with Crippen LogP contribution in [0.25, 0.3) is 0 Å². The molecular formula is C10H13NO3. The molecule has 0 radical (unpaired) electrons. The van der Waals surface area contributed by atoms with Crippen LogP contribution in [0.2, 0.25) is 0 Å². The van der Waals surface area contributed by atoms with Crippen molar-refractivity contribution in [2.45, 2.75) is 19.4 Å². The predicted octanol–water partition coefficient (Wildman–Crippen LogP) is 0.795. The van der Waals surface area contributed by atoms with Crippen LogP contribution in [0.4, 0.5) is 0 Å². The summed E-state index contributed by atoms with van der Waals surface area (Å²) in [6.45, 7) is 2.83. The van der Waals surface area contributed by atoms with E-state index < -0.39 is 0 Å². The zero-order chi connectivity index (χ0) is 10.1. The molecule has 1 N–H and O–H groups in total. The summed E-state index contributed by atoms with van der Waals surface area (Å²) in [7, 11) is 0. The van der Waals surface area contributed by atoms with Crippen LogP contribution in [0.3, 0.4) is 0 Å². The lowest BCUT2D eigenvalue weighted by Gasteiger charge is -2.13. The van der Waals surface area contributed by atoms with E-state index in [9.17, 15) is 9.90 Å². The van der Waals surface area contributed by atoms with E-state index in [1.807, 2.05) is 0 Å². The summed E-state index contributed by atoms with van der Waals surface area (Å²) in [5, 5.41) is 9.28. The lowest BCUT2D eigenvalue weighted by atomic mass is 10.3. The number of aliphatic hydroxyl groups excluding tert-OH is 1. The van der Waals surface area contributed by atoms with E-state index in [1.54, 1.807) is 24.0 Å². The van der Waals surface area contributed by atoms with Gasteiger partial charge in [-0.2, -0.15) is 0 Å². The number of rotatable bonds is 1. The fraction of sp³-hybridized carbons (Fsp3) is 0.500. The summed E-state index contributed by atoms with van der Waals surface area (Å²) in [6, 6.07) is 3.43. The summed E-state index contributed by atoms with van der Waals surface area (Å²) in [4.78, 5) is 13.3. The molecule has 1 aliphatic rings. The molecule has 1 saturated heterocycles. The fourth-order valence-electron chi connectivity index (χ4n) is 1.63. The molecule has 0 saturated carbocycles. The van der Waals surface area contributed by atoms with Gasteiger partial charge in [0.2, 0.25) is 0 Å². The summed E-state index contributed by atoms with van der Waals surface area (Å²) in [5.74, 6) is 0.958. The molecule has 0 aromatic carbocycles. The number of aliphatic hydroxyl groups is 1. The highest BCUT2D eigenvalue weighted by molar-refractivity contribution is 5.91. The van der Waals surface area contributed by atoms with Crippen LogP contribution in [0.15, 0.2) is 16.5 Å². The smallest absolute Gasteiger partial charge is 0.289 e. The summed E-state index contributed by atoms with van der Waals surface area (Å²) >= 11 is 0. The predicted molar refractivity (Wildman–Crippen MR) is 50.0 cm³/mol. The van der Waals surface area contributed by atoms with Crippen molar-refractivity contribution in [1.82, 2.24) is 4.90 Å². The van der Waals surface area contributed by atoms with Crippen molar-refractivity contribution >= 4 is 5.91 Å². The zero-order valence-electron chi connectivity index (χ0n) is 8.06. The first-order valence-electron chi connectivity index (χ1n) is 4.70. The van der Waals surface area contributed by atoms with Crippen molar-refractivity contribution in [3.05, 3.63) is 23.7 Å². The molecule has 1 amide bonds. The van der Waals surface area contributed by atoms with Crippen molar-refractivity contribution in [2.24, 2.45) is 0 Å². The highest BCUT2D eigenvalue weighted by atomic mass is 16.4. The molecule has 4 heteroatoms. The first kappa shape index (κ1) is 9.27. The first-order valence-corrected chi connectivity index (χ1v) is 4.70. The van der Waals surface area contributed by atoms with Crippen LogP contribution in [0.5, 0.6) is 0 Å². The van der Waals surface area contributed by atoms with E-state index in [1.165, 1.54) is 0 Å². The minimum atomic E-state index is -0.380. The van der Waals surface area contributed by atoms with Gasteiger partial charge in [0, 0.05) is 13.1 Å². The topological polar surface area (TPSA) is 53.7 Å². The van der Waals surface area contributed by atoms with E-state index >= 15 is 0 Å². The molecule has 1 aromatic rings. The Hall–Kier alpha value is -1.29. The van der Waals surface area contributed by atoms with Crippen molar-refractivity contribution in [2.75, 3.05) is 13.1 Å².